The van der Waals surface area contributed by atoms with Gasteiger partial charge in [-0.1, -0.05) is 30.3 Å². The van der Waals surface area contributed by atoms with Crippen molar-refractivity contribution in [3.63, 3.8) is 0 Å². The summed E-state index contributed by atoms with van der Waals surface area (Å²) >= 11 is 0. The highest BCUT2D eigenvalue weighted by Crippen LogP contribution is 2.36. The molecule has 0 radical (unpaired) electrons. The average Bonchev–Trinajstić information content (AvgIpc) is 3.02. The maximum atomic E-state index is 13.3. The van der Waals surface area contributed by atoms with Crippen LogP contribution in [-0.2, 0) is 6.61 Å². The second-order valence-corrected chi connectivity index (χ2v) is 6.43. The number of fused-ring (bicyclic) bond motifs is 1. The molecule has 0 amide bonds. The Labute approximate surface area is 170 Å². The van der Waals surface area contributed by atoms with Crippen LogP contribution < -0.4 is 14.2 Å². The van der Waals surface area contributed by atoms with Gasteiger partial charge in [0.1, 0.15) is 29.7 Å². The fourth-order valence-corrected chi connectivity index (χ4v) is 2.99. The van der Waals surface area contributed by atoms with Gasteiger partial charge < -0.3 is 14.2 Å². The van der Waals surface area contributed by atoms with E-state index in [0.29, 0.717) is 16.9 Å². The van der Waals surface area contributed by atoms with E-state index >= 15 is 0 Å². The highest BCUT2D eigenvalue weighted by Gasteiger charge is 2.28. The molecule has 0 fully saturated rings. The van der Waals surface area contributed by atoms with Crippen LogP contribution in [0.3, 0.4) is 0 Å². The first kappa shape index (κ1) is 19.6. The van der Waals surface area contributed by atoms with E-state index in [4.69, 9.17) is 9.47 Å². The van der Waals surface area contributed by atoms with Gasteiger partial charge in [0, 0.05) is 11.6 Å². The first-order valence-electron chi connectivity index (χ1n) is 8.99. The Kier molecular flexibility index (Phi) is 5.43. The number of carbonyl (C=O) groups excluding carboxylic acids is 1. The molecule has 152 valence electrons. The number of para-hydroxylation sites is 1. The third-order valence-electron chi connectivity index (χ3n) is 4.36. The van der Waals surface area contributed by atoms with E-state index in [1.807, 2.05) is 0 Å². The standard InChI is InChI=1S/C23H15F3O4/c24-16-6-3-4-14(10-16)13-28-17-8-9-18-20(12-17)29-21(22(18)27)11-15-5-1-2-7-19(15)30-23(25)26/h1-12,23H,13H2/b21-11-. The quantitative estimate of drug-likeness (QED) is 0.493. The fraction of sp³-hybridized carbons (Fsp3) is 0.0870. The van der Waals surface area contributed by atoms with Crippen molar-refractivity contribution in [3.05, 3.63) is 95.0 Å². The highest BCUT2D eigenvalue weighted by molar-refractivity contribution is 6.14. The van der Waals surface area contributed by atoms with Gasteiger partial charge in [0.05, 0.1) is 5.56 Å². The zero-order valence-electron chi connectivity index (χ0n) is 15.5. The molecule has 3 aromatic rings. The molecule has 1 aliphatic rings. The molecule has 3 aromatic carbocycles. The number of hydrogen-bond acceptors (Lipinski definition) is 4. The maximum Gasteiger partial charge on any atom is 0.387 e. The predicted molar refractivity (Wildman–Crippen MR) is 103 cm³/mol. The Morgan fingerprint density at radius 2 is 1.83 bits per heavy atom. The zero-order chi connectivity index (χ0) is 21.1. The Hall–Kier alpha value is -3.74. The number of benzene rings is 3. The predicted octanol–water partition coefficient (Wildman–Crippen LogP) is 5.62. The number of allylic oxidation sites excluding steroid dienone is 1. The minimum Gasteiger partial charge on any atom is -0.489 e. The van der Waals surface area contributed by atoms with E-state index < -0.39 is 6.61 Å². The van der Waals surface area contributed by atoms with Crippen LogP contribution in [0.5, 0.6) is 17.2 Å². The SMILES string of the molecule is O=C1/C(=C/c2ccccc2OC(F)F)Oc2cc(OCc3cccc(F)c3)ccc21. The van der Waals surface area contributed by atoms with Crippen LogP contribution in [0.2, 0.25) is 0 Å². The number of hydrogen-bond donors (Lipinski definition) is 0. The summed E-state index contributed by atoms with van der Waals surface area (Å²) in [5, 5.41) is 0. The van der Waals surface area contributed by atoms with Crippen LogP contribution in [0.15, 0.2) is 72.5 Å². The molecular weight excluding hydrogens is 397 g/mol. The van der Waals surface area contributed by atoms with E-state index in [-0.39, 0.29) is 41.0 Å². The van der Waals surface area contributed by atoms with Crippen molar-refractivity contribution in [1.29, 1.82) is 0 Å². The lowest BCUT2D eigenvalue weighted by atomic mass is 10.1. The van der Waals surface area contributed by atoms with Gasteiger partial charge in [-0.05, 0) is 42.0 Å². The van der Waals surface area contributed by atoms with Crippen molar-refractivity contribution >= 4 is 11.9 Å². The van der Waals surface area contributed by atoms with Crippen molar-refractivity contribution in [1.82, 2.24) is 0 Å². The molecule has 0 atom stereocenters. The van der Waals surface area contributed by atoms with Gasteiger partial charge in [-0.2, -0.15) is 8.78 Å². The minimum atomic E-state index is -2.99. The van der Waals surface area contributed by atoms with Crippen LogP contribution in [0.1, 0.15) is 21.5 Å². The van der Waals surface area contributed by atoms with Gasteiger partial charge in [-0.3, -0.25) is 4.79 Å². The van der Waals surface area contributed by atoms with Crippen molar-refractivity contribution < 1.29 is 32.2 Å². The summed E-state index contributed by atoms with van der Waals surface area (Å²) in [5.41, 5.74) is 1.27. The molecule has 7 heteroatoms. The smallest absolute Gasteiger partial charge is 0.387 e. The van der Waals surface area contributed by atoms with Gasteiger partial charge in [-0.25, -0.2) is 4.39 Å². The van der Waals surface area contributed by atoms with E-state index in [1.165, 1.54) is 30.3 Å². The van der Waals surface area contributed by atoms with Crippen molar-refractivity contribution in [3.8, 4) is 17.2 Å². The van der Waals surface area contributed by atoms with Gasteiger partial charge in [-0.15, -0.1) is 0 Å². The number of alkyl halides is 2. The molecule has 0 N–H and O–H groups in total. The lowest BCUT2D eigenvalue weighted by Crippen LogP contribution is -2.04. The normalized spacial score (nSPS) is 14.0. The topological polar surface area (TPSA) is 44.8 Å². The largest absolute Gasteiger partial charge is 0.489 e. The molecule has 0 saturated heterocycles. The summed E-state index contributed by atoms with van der Waals surface area (Å²) in [6.45, 7) is -2.84. The summed E-state index contributed by atoms with van der Waals surface area (Å²) in [5.74, 6) is -0.0915. The third kappa shape index (κ3) is 4.30. The minimum absolute atomic E-state index is 0.0161. The van der Waals surface area contributed by atoms with Crippen molar-refractivity contribution in [2.75, 3.05) is 0 Å². The molecule has 0 saturated carbocycles. The molecule has 0 spiro atoms. The lowest BCUT2D eigenvalue weighted by Gasteiger charge is -2.08. The van der Waals surface area contributed by atoms with Gasteiger partial charge in [0.25, 0.3) is 0 Å². The fourth-order valence-electron chi connectivity index (χ4n) is 2.99. The monoisotopic (exact) mass is 412 g/mol. The van der Waals surface area contributed by atoms with Crippen LogP contribution >= 0.6 is 0 Å². The van der Waals surface area contributed by atoms with Crippen LogP contribution in [0.25, 0.3) is 6.08 Å². The van der Waals surface area contributed by atoms with Crippen molar-refractivity contribution in [2.45, 2.75) is 13.2 Å². The molecular formula is C23H15F3O4. The number of halogens is 3. The molecule has 0 aliphatic carbocycles. The van der Waals surface area contributed by atoms with Crippen LogP contribution in [0, 0.1) is 5.82 Å². The number of ether oxygens (including phenoxy) is 3. The van der Waals surface area contributed by atoms with Crippen LogP contribution in [0.4, 0.5) is 13.2 Å². The Morgan fingerprint density at radius 1 is 1.00 bits per heavy atom. The molecule has 4 rings (SSSR count). The highest BCUT2D eigenvalue weighted by atomic mass is 19.3. The van der Waals surface area contributed by atoms with E-state index in [2.05, 4.69) is 4.74 Å². The Morgan fingerprint density at radius 3 is 2.63 bits per heavy atom. The molecule has 0 aromatic heterocycles. The van der Waals surface area contributed by atoms with E-state index in [9.17, 15) is 18.0 Å². The van der Waals surface area contributed by atoms with E-state index in [1.54, 1.807) is 42.5 Å². The first-order valence-corrected chi connectivity index (χ1v) is 8.99. The van der Waals surface area contributed by atoms with Gasteiger partial charge in [0.15, 0.2) is 5.76 Å². The molecule has 1 heterocycles. The summed E-state index contributed by atoms with van der Waals surface area (Å²) in [6, 6.07) is 16.8. The van der Waals surface area contributed by atoms with Crippen molar-refractivity contribution in [2.24, 2.45) is 0 Å². The number of carbonyl (C=O) groups is 1. The third-order valence-corrected chi connectivity index (χ3v) is 4.36. The van der Waals surface area contributed by atoms with E-state index in [0.717, 1.165) is 0 Å². The zero-order valence-corrected chi connectivity index (χ0v) is 15.5. The average molecular weight is 412 g/mol. The summed E-state index contributed by atoms with van der Waals surface area (Å²) in [6.07, 6.45) is 1.35. The number of ketones is 1. The summed E-state index contributed by atoms with van der Waals surface area (Å²) in [4.78, 5) is 12.6. The Bertz CT molecular complexity index is 1120. The second-order valence-electron chi connectivity index (χ2n) is 6.43. The number of rotatable bonds is 6. The molecule has 0 bridgehead atoms. The Balaban J connectivity index is 1.53. The van der Waals surface area contributed by atoms with Crippen LogP contribution in [-0.4, -0.2) is 12.4 Å². The summed E-state index contributed by atoms with van der Waals surface area (Å²) in [7, 11) is 0. The number of Topliss-reactive ketones (excluding diaryl/α,β-unsaturated/α-hetero) is 1. The molecule has 4 nitrogen and oxygen atoms in total. The molecule has 0 unspecified atom stereocenters. The first-order chi connectivity index (χ1) is 14.5. The van der Waals surface area contributed by atoms with Gasteiger partial charge in [0.2, 0.25) is 5.78 Å². The molecule has 1 aliphatic heterocycles. The lowest BCUT2D eigenvalue weighted by molar-refractivity contribution is -0.0499. The maximum absolute atomic E-state index is 13.3. The summed E-state index contributed by atoms with van der Waals surface area (Å²) < 4.78 is 54.2. The second kappa shape index (κ2) is 8.32. The molecule has 30 heavy (non-hydrogen) atoms. The van der Waals surface area contributed by atoms with Gasteiger partial charge >= 0.3 is 6.61 Å².